The first kappa shape index (κ1) is 39.4. The lowest BCUT2D eigenvalue weighted by molar-refractivity contribution is 0.715. The number of nitrogens with zero attached hydrogens (tertiary/aromatic N) is 3. The second-order valence-corrected chi connectivity index (χ2v) is 20.1. The molecule has 15 rings (SSSR count). The van der Waals surface area contributed by atoms with Crippen LogP contribution in [-0.2, 0) is 6.42 Å². The number of fused-ring (bicyclic) bond motifs is 15. The quantitative estimate of drug-likeness (QED) is 0.169. The van der Waals surface area contributed by atoms with Crippen LogP contribution in [0.5, 0.6) is 0 Å². The summed E-state index contributed by atoms with van der Waals surface area (Å²) in [7, 11) is 0. The molecule has 0 N–H and O–H groups in total. The summed E-state index contributed by atoms with van der Waals surface area (Å²) in [6.45, 7) is 2.37. The third kappa shape index (κ3) is 5.84. The van der Waals surface area contributed by atoms with Gasteiger partial charge in [0.05, 0.1) is 32.8 Å². The molecule has 3 nitrogen and oxygen atoms in total. The lowest BCUT2D eigenvalue weighted by Gasteiger charge is -2.23. The van der Waals surface area contributed by atoms with Crippen LogP contribution in [0.4, 0.5) is 0 Å². The molecule has 4 heteroatoms. The Bertz CT molecular complexity index is 4440. The second-order valence-electron chi connectivity index (χ2n) is 19.1. The molecule has 1 unspecified atom stereocenters. The zero-order valence-corrected chi connectivity index (χ0v) is 39.2. The molecule has 0 saturated heterocycles. The largest absolute Gasteiger partial charge is 0.309 e. The molecule has 0 radical (unpaired) electrons. The van der Waals surface area contributed by atoms with Gasteiger partial charge in [-0.1, -0.05) is 201 Å². The molecule has 0 spiro atoms. The van der Waals surface area contributed by atoms with E-state index < -0.39 is 0 Å². The molecular formula is C66H43N3S. The van der Waals surface area contributed by atoms with Gasteiger partial charge < -0.3 is 4.57 Å². The van der Waals surface area contributed by atoms with Crippen LogP contribution < -0.4 is 0 Å². The summed E-state index contributed by atoms with van der Waals surface area (Å²) in [4.78, 5) is 5.59. The molecule has 1 atom stereocenters. The van der Waals surface area contributed by atoms with Crippen molar-refractivity contribution >= 4 is 80.5 Å². The molecule has 70 heavy (non-hydrogen) atoms. The van der Waals surface area contributed by atoms with Gasteiger partial charge in [0.1, 0.15) is 0 Å². The molecule has 0 saturated carbocycles. The molecule has 10 aromatic carbocycles. The molecule has 328 valence electrons. The lowest BCUT2D eigenvalue weighted by atomic mass is 9.85. The average molecular weight is 910 g/mol. The second kappa shape index (κ2) is 15.2. The Balaban J connectivity index is 0.821. The van der Waals surface area contributed by atoms with Crippen LogP contribution >= 0.6 is 11.3 Å². The molecule has 1 aliphatic carbocycles. The zero-order chi connectivity index (χ0) is 46.0. The highest BCUT2D eigenvalue weighted by atomic mass is 32.1. The van der Waals surface area contributed by atoms with Gasteiger partial charge in [-0.25, -0.2) is 4.98 Å². The van der Waals surface area contributed by atoms with Crippen LogP contribution in [0.2, 0.25) is 0 Å². The molecule has 14 aromatic rings. The van der Waals surface area contributed by atoms with E-state index in [-0.39, 0.29) is 0 Å². The van der Waals surface area contributed by atoms with Gasteiger partial charge in [0.2, 0.25) is 0 Å². The summed E-state index contributed by atoms with van der Waals surface area (Å²) >= 11 is 1.89. The highest BCUT2D eigenvalue weighted by Gasteiger charge is 2.30. The first-order valence-electron chi connectivity index (χ1n) is 24.3. The van der Waals surface area contributed by atoms with E-state index in [0.717, 1.165) is 17.8 Å². The maximum absolute atomic E-state index is 5.59. The van der Waals surface area contributed by atoms with Gasteiger partial charge >= 0.3 is 0 Å². The van der Waals surface area contributed by atoms with Gasteiger partial charge in [0.15, 0.2) is 5.65 Å². The SMILES string of the molecule is CC1Cc2ccccc2-c2nc3c4sc5c6ccccc6ccc5c4cc(-c4ccc(-c5ccc(-c6ccc(-c7ccc8c9ccccc9n(-c9ccccc9)c8c7)cc6)c6ccccc56)cc4)n3c21. The first-order chi connectivity index (χ1) is 34.6. The minimum Gasteiger partial charge on any atom is -0.309 e. The fourth-order valence-electron chi connectivity index (χ4n) is 11.9. The minimum atomic E-state index is 0.315. The number of thiophene rings is 1. The van der Waals surface area contributed by atoms with Crippen molar-refractivity contribution in [1.82, 2.24) is 14.0 Å². The highest BCUT2D eigenvalue weighted by molar-refractivity contribution is 7.27. The van der Waals surface area contributed by atoms with Gasteiger partial charge in [-0.2, -0.15) is 0 Å². The Morgan fingerprint density at radius 2 is 1.03 bits per heavy atom. The smallest absolute Gasteiger partial charge is 0.156 e. The molecule has 4 aromatic heterocycles. The van der Waals surface area contributed by atoms with Crippen LogP contribution in [0.25, 0.3) is 131 Å². The zero-order valence-electron chi connectivity index (χ0n) is 38.4. The maximum atomic E-state index is 5.59. The maximum Gasteiger partial charge on any atom is 0.156 e. The van der Waals surface area contributed by atoms with Crippen LogP contribution in [-0.4, -0.2) is 14.0 Å². The Labute approximate surface area is 408 Å². The summed E-state index contributed by atoms with van der Waals surface area (Å²) in [5.41, 5.74) is 19.3. The van der Waals surface area contributed by atoms with Crippen LogP contribution in [0.3, 0.4) is 0 Å². The monoisotopic (exact) mass is 909 g/mol. The number of benzene rings is 10. The topological polar surface area (TPSA) is 22.2 Å². The van der Waals surface area contributed by atoms with E-state index in [2.05, 4.69) is 240 Å². The Kier molecular flexibility index (Phi) is 8.57. The average Bonchev–Trinajstić information content (AvgIpc) is 4.12. The number of aromatic nitrogens is 3. The van der Waals surface area contributed by atoms with Crippen molar-refractivity contribution in [3.8, 4) is 61.6 Å². The Morgan fingerprint density at radius 3 is 1.80 bits per heavy atom. The minimum absolute atomic E-state index is 0.315. The van der Waals surface area contributed by atoms with Crippen molar-refractivity contribution in [2.45, 2.75) is 19.3 Å². The molecule has 0 amide bonds. The summed E-state index contributed by atoms with van der Waals surface area (Å²) in [6.07, 6.45) is 0.996. The van der Waals surface area contributed by atoms with Crippen LogP contribution in [0.1, 0.15) is 24.1 Å². The predicted octanol–water partition coefficient (Wildman–Crippen LogP) is 18.1. The molecule has 1 aliphatic rings. The van der Waals surface area contributed by atoms with E-state index in [1.165, 1.54) is 131 Å². The normalized spacial score (nSPS) is 13.6. The van der Waals surface area contributed by atoms with Crippen molar-refractivity contribution in [2.75, 3.05) is 0 Å². The number of hydrogen-bond acceptors (Lipinski definition) is 2. The Hall–Kier alpha value is -8.57. The number of rotatable bonds is 5. The lowest BCUT2D eigenvalue weighted by Crippen LogP contribution is -2.11. The first-order valence-corrected chi connectivity index (χ1v) is 25.1. The van der Waals surface area contributed by atoms with Crippen molar-refractivity contribution in [1.29, 1.82) is 0 Å². The van der Waals surface area contributed by atoms with Gasteiger partial charge in [-0.05, 0) is 103 Å². The number of pyridine rings is 1. The highest BCUT2D eigenvalue weighted by Crippen LogP contribution is 2.47. The molecule has 4 heterocycles. The van der Waals surface area contributed by atoms with Gasteiger partial charge in [-0.15, -0.1) is 11.3 Å². The third-order valence-corrected chi connectivity index (χ3v) is 16.4. The van der Waals surface area contributed by atoms with Crippen LogP contribution in [0, 0.1) is 0 Å². The molecule has 0 aliphatic heterocycles. The van der Waals surface area contributed by atoms with E-state index in [1.807, 2.05) is 11.3 Å². The van der Waals surface area contributed by atoms with E-state index in [9.17, 15) is 0 Å². The molecule has 0 fully saturated rings. The third-order valence-electron chi connectivity index (χ3n) is 15.2. The standard InChI is InChI=1S/C66H43N3S/c1-40-37-47-14-6-7-17-51(47)62-63(40)69-60(39-58-57-34-31-42-13-5-8-18-52(42)64(57)70-65(58)66(69)67-62)45-29-27-44(28-30-45)50-36-35-49(53-19-9-10-20-54(50)53)43-25-23-41(24-26-43)46-32-33-56-55-21-11-12-22-59(55)68(61(56)38-46)48-15-3-2-4-16-48/h2-36,38-40H,37H2,1H3. The van der Waals surface area contributed by atoms with Crippen LogP contribution in [0.15, 0.2) is 224 Å². The van der Waals surface area contributed by atoms with Gasteiger partial charge in [0.25, 0.3) is 0 Å². The van der Waals surface area contributed by atoms with E-state index >= 15 is 0 Å². The van der Waals surface area contributed by atoms with E-state index in [4.69, 9.17) is 4.98 Å². The fourth-order valence-corrected chi connectivity index (χ4v) is 13.2. The van der Waals surface area contributed by atoms with Crippen molar-refractivity contribution in [3.63, 3.8) is 0 Å². The summed E-state index contributed by atoms with van der Waals surface area (Å²) in [5, 5.41) is 10.1. The fraction of sp³-hybridized carbons (Fsp3) is 0.0455. The van der Waals surface area contributed by atoms with Gasteiger partial charge in [-0.3, -0.25) is 4.40 Å². The number of imidazole rings is 1. The number of para-hydroxylation sites is 2. The molecular weight excluding hydrogens is 867 g/mol. The summed E-state index contributed by atoms with van der Waals surface area (Å²) < 4.78 is 7.46. The van der Waals surface area contributed by atoms with Crippen molar-refractivity contribution in [3.05, 3.63) is 236 Å². The van der Waals surface area contributed by atoms with E-state index in [1.54, 1.807) is 0 Å². The summed E-state index contributed by atoms with van der Waals surface area (Å²) in [6, 6.07) is 82.9. The summed E-state index contributed by atoms with van der Waals surface area (Å²) in [5.74, 6) is 0.315. The Morgan fingerprint density at radius 1 is 0.429 bits per heavy atom. The van der Waals surface area contributed by atoms with E-state index in [0.29, 0.717) is 5.92 Å². The van der Waals surface area contributed by atoms with Crippen molar-refractivity contribution in [2.24, 2.45) is 0 Å². The molecule has 0 bridgehead atoms. The van der Waals surface area contributed by atoms with Gasteiger partial charge in [0, 0.05) is 43.4 Å². The van der Waals surface area contributed by atoms with Crippen molar-refractivity contribution < 1.29 is 0 Å². The number of hydrogen-bond donors (Lipinski definition) is 0. The predicted molar refractivity (Wildman–Crippen MR) is 297 cm³/mol.